The minimum absolute atomic E-state index is 0.0668. The summed E-state index contributed by atoms with van der Waals surface area (Å²) in [6.45, 7) is 11.1. The molecule has 3 aromatic rings. The number of nitrogens with zero attached hydrogens (tertiary/aromatic N) is 4. The number of hydrogen-bond donors (Lipinski definition) is 2. The number of hydrogen-bond acceptors (Lipinski definition) is 9. The number of aromatic nitrogens is 2. The van der Waals surface area contributed by atoms with Crippen molar-refractivity contribution in [3.05, 3.63) is 53.7 Å². The number of oxazole rings is 1. The highest BCUT2D eigenvalue weighted by Gasteiger charge is 2.40. The third-order valence-corrected chi connectivity index (χ3v) is 8.58. The van der Waals surface area contributed by atoms with E-state index in [0.717, 1.165) is 61.5 Å². The molecule has 3 atom stereocenters. The van der Waals surface area contributed by atoms with Crippen LogP contribution in [0.4, 0.5) is 0 Å². The minimum Gasteiger partial charge on any atom is -0.474 e. The zero-order chi connectivity index (χ0) is 30.5. The third-order valence-electron chi connectivity index (χ3n) is 8.58. The Morgan fingerprint density at radius 2 is 1.86 bits per heavy atom. The Bertz CT molecular complexity index is 1360. The molecule has 0 bridgehead atoms. The van der Waals surface area contributed by atoms with Gasteiger partial charge in [-0.2, -0.15) is 0 Å². The summed E-state index contributed by atoms with van der Waals surface area (Å²) in [6, 6.07) is 8.76. The van der Waals surface area contributed by atoms with E-state index in [0.29, 0.717) is 31.2 Å². The van der Waals surface area contributed by atoms with Crippen molar-refractivity contribution in [1.29, 1.82) is 0 Å². The molecule has 11 nitrogen and oxygen atoms in total. The van der Waals surface area contributed by atoms with Gasteiger partial charge in [0.25, 0.3) is 5.88 Å². The van der Waals surface area contributed by atoms with Crippen LogP contribution in [-0.2, 0) is 9.59 Å². The highest BCUT2D eigenvalue weighted by atomic mass is 16.5. The zero-order valence-electron chi connectivity index (χ0n) is 25.5. The molecule has 2 amide bonds. The van der Waals surface area contributed by atoms with E-state index in [1.165, 1.54) is 6.39 Å². The molecule has 2 fully saturated rings. The number of carbonyl (C=O) groups excluding carboxylic acids is 2. The Morgan fingerprint density at radius 1 is 1.12 bits per heavy atom. The Balaban J connectivity index is 1.18. The maximum Gasteiger partial charge on any atom is 0.254 e. The van der Waals surface area contributed by atoms with Gasteiger partial charge in [-0.3, -0.25) is 14.5 Å². The maximum atomic E-state index is 13.9. The second-order valence-electron chi connectivity index (χ2n) is 12.0. The number of carbonyl (C=O) groups is 2. The van der Waals surface area contributed by atoms with Crippen molar-refractivity contribution in [3.8, 4) is 17.2 Å². The smallest absolute Gasteiger partial charge is 0.254 e. The number of ether oxygens (including phenoxy) is 1. The number of piperidine rings is 1. The van der Waals surface area contributed by atoms with E-state index in [1.807, 2.05) is 52.0 Å². The molecule has 232 valence electrons. The maximum absolute atomic E-state index is 13.9. The molecule has 5 rings (SSSR count). The number of aryl methyl sites for hydroxylation is 1. The molecule has 4 heterocycles. The Morgan fingerprint density at radius 3 is 2.53 bits per heavy atom. The fourth-order valence-corrected chi connectivity index (χ4v) is 6.02. The average molecular weight is 594 g/mol. The lowest BCUT2D eigenvalue weighted by molar-refractivity contribution is -0.141. The van der Waals surface area contributed by atoms with Gasteiger partial charge in [0.15, 0.2) is 17.9 Å². The number of aliphatic hydroxyl groups excluding tert-OH is 1. The second-order valence-corrected chi connectivity index (χ2v) is 12.0. The average Bonchev–Trinajstić information content (AvgIpc) is 3.76. The van der Waals surface area contributed by atoms with Crippen LogP contribution in [0.15, 0.2) is 45.7 Å². The summed E-state index contributed by atoms with van der Waals surface area (Å²) in [4.78, 5) is 35.4. The molecule has 0 aliphatic carbocycles. The molecule has 2 aliphatic rings. The number of amides is 2. The standard InChI is InChI=1S/C32H43N5O6/c1-20(2)29(27-18-28(35-43-27)41-17-16-36-14-11-25(38)12-15-36)32(40)37-13-5-6-26(37)31(39)34-21(3)23-7-9-24(10-8-23)30-22(4)33-19-42-30/h7-10,18-21,25-26,29,38H,5-6,11-17H2,1-4H3,(H,34,39)/t21-,26-,29+/m0/s1. The van der Waals surface area contributed by atoms with Crippen molar-refractivity contribution in [2.75, 3.05) is 32.8 Å². The highest BCUT2D eigenvalue weighted by molar-refractivity contribution is 5.91. The zero-order valence-corrected chi connectivity index (χ0v) is 25.5. The number of nitrogens with one attached hydrogen (secondary N) is 1. The summed E-state index contributed by atoms with van der Waals surface area (Å²) in [5, 5.41) is 16.9. The molecule has 2 aromatic heterocycles. The second kappa shape index (κ2) is 13.7. The van der Waals surface area contributed by atoms with Crippen LogP contribution in [0, 0.1) is 12.8 Å². The van der Waals surface area contributed by atoms with Gasteiger partial charge in [-0.25, -0.2) is 4.98 Å². The van der Waals surface area contributed by atoms with Gasteiger partial charge in [-0.15, -0.1) is 0 Å². The van der Waals surface area contributed by atoms with Gasteiger partial charge >= 0.3 is 0 Å². The Kier molecular flexibility index (Phi) is 9.82. The van der Waals surface area contributed by atoms with E-state index < -0.39 is 12.0 Å². The fraction of sp³-hybridized carbons (Fsp3) is 0.562. The highest BCUT2D eigenvalue weighted by Crippen LogP contribution is 2.32. The topological polar surface area (TPSA) is 134 Å². The first-order chi connectivity index (χ1) is 20.7. The predicted molar refractivity (Wildman–Crippen MR) is 159 cm³/mol. The summed E-state index contributed by atoms with van der Waals surface area (Å²) >= 11 is 0. The van der Waals surface area contributed by atoms with E-state index >= 15 is 0 Å². The molecule has 2 aliphatic heterocycles. The van der Waals surface area contributed by atoms with Crippen LogP contribution in [0.3, 0.4) is 0 Å². The van der Waals surface area contributed by atoms with Crippen molar-refractivity contribution in [3.63, 3.8) is 0 Å². The molecule has 1 aromatic carbocycles. The normalized spacial score (nSPS) is 19.5. The summed E-state index contributed by atoms with van der Waals surface area (Å²) in [5.41, 5.74) is 2.70. The SMILES string of the molecule is Cc1ncoc1-c1ccc([C@H](C)NC(=O)[C@@H]2CCCN2C(=O)[C@@H](c2cc(OCCN3CCC(O)CC3)no2)C(C)C)cc1. The predicted octanol–water partition coefficient (Wildman–Crippen LogP) is 4.08. The van der Waals surface area contributed by atoms with Crippen LogP contribution >= 0.6 is 0 Å². The summed E-state index contributed by atoms with van der Waals surface area (Å²) in [6.07, 6.45) is 4.14. The van der Waals surface area contributed by atoms with Crippen LogP contribution in [0.5, 0.6) is 5.88 Å². The van der Waals surface area contributed by atoms with E-state index in [1.54, 1.807) is 11.0 Å². The molecule has 2 N–H and O–H groups in total. The summed E-state index contributed by atoms with van der Waals surface area (Å²) < 4.78 is 16.9. The Labute approximate surface area is 252 Å². The lowest BCUT2D eigenvalue weighted by atomic mass is 9.91. The number of benzene rings is 1. The largest absolute Gasteiger partial charge is 0.474 e. The van der Waals surface area contributed by atoms with Gasteiger partial charge in [-0.1, -0.05) is 38.1 Å². The van der Waals surface area contributed by atoms with Gasteiger partial charge in [0.1, 0.15) is 18.6 Å². The van der Waals surface area contributed by atoms with Crippen molar-refractivity contribution in [2.45, 2.75) is 77.5 Å². The monoisotopic (exact) mass is 593 g/mol. The van der Waals surface area contributed by atoms with Crippen LogP contribution in [-0.4, -0.2) is 81.8 Å². The van der Waals surface area contributed by atoms with Crippen molar-refractivity contribution < 1.29 is 28.4 Å². The van der Waals surface area contributed by atoms with Gasteiger partial charge in [0, 0.05) is 37.8 Å². The van der Waals surface area contributed by atoms with Crippen LogP contribution < -0.4 is 10.1 Å². The van der Waals surface area contributed by atoms with E-state index in [-0.39, 0.29) is 29.9 Å². The van der Waals surface area contributed by atoms with E-state index in [9.17, 15) is 14.7 Å². The third kappa shape index (κ3) is 7.27. The molecule has 2 saturated heterocycles. The molecule has 43 heavy (non-hydrogen) atoms. The van der Waals surface area contributed by atoms with Crippen molar-refractivity contribution in [2.24, 2.45) is 5.92 Å². The van der Waals surface area contributed by atoms with Gasteiger partial charge in [-0.05, 0) is 56.2 Å². The molecule has 0 spiro atoms. The van der Waals surface area contributed by atoms with Gasteiger partial charge in [0.05, 0.1) is 17.8 Å². The summed E-state index contributed by atoms with van der Waals surface area (Å²) in [7, 11) is 0. The van der Waals surface area contributed by atoms with Crippen molar-refractivity contribution in [1.82, 2.24) is 25.3 Å². The molecule has 11 heteroatoms. The quantitative estimate of drug-likeness (QED) is 0.337. The first-order valence-electron chi connectivity index (χ1n) is 15.3. The Hall–Kier alpha value is -3.70. The lowest BCUT2D eigenvalue weighted by Gasteiger charge is -2.29. The van der Waals surface area contributed by atoms with E-state index in [2.05, 4.69) is 20.4 Å². The minimum atomic E-state index is -0.577. The molecule has 0 saturated carbocycles. The fourth-order valence-electron chi connectivity index (χ4n) is 6.02. The molecular formula is C32H43N5O6. The van der Waals surface area contributed by atoms with Gasteiger partial charge in [0.2, 0.25) is 11.8 Å². The van der Waals surface area contributed by atoms with Crippen LogP contribution in [0.1, 0.15) is 75.4 Å². The molecular weight excluding hydrogens is 550 g/mol. The van der Waals surface area contributed by atoms with Gasteiger partial charge < -0.3 is 29.0 Å². The van der Waals surface area contributed by atoms with Crippen LogP contribution in [0.25, 0.3) is 11.3 Å². The number of likely N-dealkylation sites (tertiary alicyclic amines) is 2. The lowest BCUT2D eigenvalue weighted by Crippen LogP contribution is -2.48. The molecule has 0 unspecified atom stereocenters. The first-order valence-corrected chi connectivity index (χ1v) is 15.3. The number of rotatable bonds is 11. The van der Waals surface area contributed by atoms with Crippen LogP contribution in [0.2, 0.25) is 0 Å². The van der Waals surface area contributed by atoms with Crippen molar-refractivity contribution >= 4 is 11.8 Å². The summed E-state index contributed by atoms with van der Waals surface area (Å²) in [5.74, 6) is 0.572. The first kappa shape index (κ1) is 30.7. The van der Waals surface area contributed by atoms with E-state index in [4.69, 9.17) is 13.7 Å². The molecule has 0 radical (unpaired) electrons. The number of aliphatic hydroxyl groups is 1.